The van der Waals surface area contributed by atoms with E-state index in [1.807, 2.05) is 30.3 Å². The highest BCUT2D eigenvalue weighted by molar-refractivity contribution is 8.13. The number of hydrogen-bond donors (Lipinski definition) is 1. The van der Waals surface area contributed by atoms with Crippen LogP contribution in [0.2, 0.25) is 0 Å². The molecule has 2 aromatic rings. The van der Waals surface area contributed by atoms with Crippen molar-refractivity contribution in [2.45, 2.75) is 39.0 Å². The number of carbonyl (C=O) groups excluding carboxylic acids is 4. The maximum absolute atomic E-state index is 14.0. The average Bonchev–Trinajstić information content (AvgIpc) is 2.95. The van der Waals surface area contributed by atoms with Crippen molar-refractivity contribution >= 4 is 34.4 Å². The predicted octanol–water partition coefficient (Wildman–Crippen LogP) is 4.77. The minimum Gasteiger partial charge on any atom is -0.377 e. The van der Waals surface area contributed by atoms with Gasteiger partial charge in [0.15, 0.2) is 5.12 Å². The molecule has 9 heteroatoms. The molecule has 1 N–H and O–H groups in total. The van der Waals surface area contributed by atoms with Crippen LogP contribution in [0.3, 0.4) is 0 Å². The Morgan fingerprint density at radius 3 is 2.38 bits per heavy atom. The van der Waals surface area contributed by atoms with Gasteiger partial charge in [0.05, 0.1) is 32.3 Å². The molecule has 1 saturated heterocycles. The minimum absolute atomic E-state index is 0.00440. The molecule has 2 aromatic carbocycles. The smallest absolute Gasteiger partial charge is 0.224 e. The van der Waals surface area contributed by atoms with Crippen LogP contribution in [-0.4, -0.2) is 61.3 Å². The molecule has 0 aromatic heterocycles. The van der Waals surface area contributed by atoms with E-state index in [2.05, 4.69) is 11.9 Å². The molecule has 0 saturated carbocycles. The molecule has 226 valence electrons. The van der Waals surface area contributed by atoms with Gasteiger partial charge in [0.2, 0.25) is 5.91 Å². The predicted molar refractivity (Wildman–Crippen MR) is 162 cm³/mol. The number of ether oxygens (including phenoxy) is 2. The van der Waals surface area contributed by atoms with E-state index in [0.29, 0.717) is 31.6 Å². The van der Waals surface area contributed by atoms with Gasteiger partial charge < -0.3 is 19.6 Å². The van der Waals surface area contributed by atoms with Gasteiger partial charge in [-0.05, 0) is 49.4 Å². The summed E-state index contributed by atoms with van der Waals surface area (Å²) in [6.07, 6.45) is 1.03. The fourth-order valence-corrected chi connectivity index (χ4v) is 5.94. The lowest BCUT2D eigenvalue weighted by molar-refractivity contribution is -0.128. The summed E-state index contributed by atoms with van der Waals surface area (Å²) in [5, 5.41) is 2.51. The van der Waals surface area contributed by atoms with Crippen molar-refractivity contribution in [2.75, 3.05) is 38.7 Å². The lowest BCUT2D eigenvalue weighted by Crippen LogP contribution is -2.36. The summed E-state index contributed by atoms with van der Waals surface area (Å²) >= 11 is 0.949. The van der Waals surface area contributed by atoms with Crippen LogP contribution in [0.4, 0.5) is 4.39 Å². The van der Waals surface area contributed by atoms with Crippen LogP contribution < -0.4 is 5.32 Å². The molecule has 0 unspecified atom stereocenters. The zero-order chi connectivity index (χ0) is 30.3. The topological polar surface area (TPSA) is 98.8 Å². The van der Waals surface area contributed by atoms with E-state index >= 15 is 0 Å². The van der Waals surface area contributed by atoms with Crippen LogP contribution in [0, 0.1) is 23.6 Å². The number of halogens is 1. The standard InChI is InChI=1S/C33H40FNO6S/c1-23-15-27(17-25-7-4-3-5-8-25)31(37)20-28(18-26-9-6-10-30(34)19-26)33(39)42-22-29(16-24(2)36)32(38)35-11-12-40-13-14-41-21-23/h3-10,19,27-29H,1,11-18,20-22H2,2H3,(H,35,38)/t27-,28+,29-/m0/s1. The van der Waals surface area contributed by atoms with E-state index in [0.717, 1.165) is 22.9 Å². The maximum atomic E-state index is 14.0. The summed E-state index contributed by atoms with van der Waals surface area (Å²) in [7, 11) is 0. The summed E-state index contributed by atoms with van der Waals surface area (Å²) < 4.78 is 25.2. The van der Waals surface area contributed by atoms with Gasteiger partial charge in [0, 0.05) is 37.0 Å². The normalized spacial score (nSPS) is 22.5. The molecule has 1 heterocycles. The summed E-state index contributed by atoms with van der Waals surface area (Å²) in [5.41, 5.74) is 2.37. The first-order valence-electron chi connectivity index (χ1n) is 14.3. The minimum atomic E-state index is -0.733. The van der Waals surface area contributed by atoms with Gasteiger partial charge in [-0.2, -0.15) is 0 Å². The van der Waals surface area contributed by atoms with Crippen LogP contribution in [0.5, 0.6) is 0 Å². The Bertz CT molecular complexity index is 1220. The van der Waals surface area contributed by atoms with Crippen LogP contribution in [-0.2, 0) is 41.5 Å². The number of carbonyl (C=O) groups is 4. The number of rotatable bonds is 6. The lowest BCUT2D eigenvalue weighted by Gasteiger charge is -2.22. The number of Topliss-reactive ketones (excluding diaryl/α,β-unsaturated/α-hetero) is 2. The summed E-state index contributed by atoms with van der Waals surface area (Å²) in [6.45, 7) is 7.01. The summed E-state index contributed by atoms with van der Waals surface area (Å²) in [5.74, 6) is -2.77. The molecular weight excluding hydrogens is 557 g/mol. The third-order valence-corrected chi connectivity index (χ3v) is 8.21. The fourth-order valence-electron chi connectivity index (χ4n) is 4.90. The van der Waals surface area contributed by atoms with Gasteiger partial charge in [-0.3, -0.25) is 14.4 Å². The van der Waals surface area contributed by atoms with Crippen molar-refractivity contribution < 1.29 is 33.0 Å². The van der Waals surface area contributed by atoms with Gasteiger partial charge in [0.1, 0.15) is 17.4 Å². The van der Waals surface area contributed by atoms with Crippen molar-refractivity contribution in [3.8, 4) is 0 Å². The fraction of sp³-hybridized carbons (Fsp3) is 0.455. The van der Waals surface area contributed by atoms with Crippen LogP contribution in [0.15, 0.2) is 66.7 Å². The maximum Gasteiger partial charge on any atom is 0.224 e. The SMILES string of the molecule is C=C1COCCOCCNC(=O)[C@@H](CC(C)=O)CSC(=O)[C@H](Cc2cccc(F)c2)CC(=O)[C@H](Cc2ccccc2)C1. The number of nitrogens with one attached hydrogen (secondary N) is 1. The third kappa shape index (κ3) is 12.0. The first-order valence-corrected chi connectivity index (χ1v) is 15.3. The highest BCUT2D eigenvalue weighted by Gasteiger charge is 2.30. The van der Waals surface area contributed by atoms with Crippen molar-refractivity contribution in [1.29, 1.82) is 0 Å². The first kappa shape index (κ1) is 33.4. The third-order valence-electron chi connectivity index (χ3n) is 7.02. The molecule has 0 aliphatic carbocycles. The molecule has 0 radical (unpaired) electrons. The van der Waals surface area contributed by atoms with E-state index in [-0.39, 0.29) is 67.4 Å². The van der Waals surface area contributed by atoms with E-state index in [1.165, 1.54) is 19.1 Å². The zero-order valence-electron chi connectivity index (χ0n) is 24.1. The van der Waals surface area contributed by atoms with E-state index < -0.39 is 23.6 Å². The second-order valence-electron chi connectivity index (χ2n) is 10.7. The van der Waals surface area contributed by atoms with Gasteiger partial charge in [-0.1, -0.05) is 66.4 Å². The van der Waals surface area contributed by atoms with Gasteiger partial charge in [0.25, 0.3) is 0 Å². The molecule has 1 aliphatic rings. The monoisotopic (exact) mass is 597 g/mol. The van der Waals surface area contributed by atoms with Crippen molar-refractivity contribution in [1.82, 2.24) is 5.32 Å². The van der Waals surface area contributed by atoms with Crippen molar-refractivity contribution in [3.05, 3.63) is 83.7 Å². The van der Waals surface area contributed by atoms with Crippen molar-refractivity contribution in [3.63, 3.8) is 0 Å². The second-order valence-corrected chi connectivity index (χ2v) is 11.8. The highest BCUT2D eigenvalue weighted by atomic mass is 32.2. The summed E-state index contributed by atoms with van der Waals surface area (Å²) in [6, 6.07) is 15.7. The van der Waals surface area contributed by atoms with Crippen LogP contribution in [0.25, 0.3) is 0 Å². The average molecular weight is 598 g/mol. The van der Waals surface area contributed by atoms with E-state index in [4.69, 9.17) is 9.47 Å². The second kappa shape index (κ2) is 17.7. The van der Waals surface area contributed by atoms with Gasteiger partial charge in [-0.15, -0.1) is 0 Å². The number of amides is 1. The molecule has 1 fully saturated rings. The number of ketones is 2. The molecule has 0 bridgehead atoms. The number of thioether (sulfide) groups is 1. The molecular formula is C33H40FNO6S. The quantitative estimate of drug-likeness (QED) is 0.479. The Balaban J connectivity index is 1.87. The largest absolute Gasteiger partial charge is 0.377 e. The summed E-state index contributed by atoms with van der Waals surface area (Å²) in [4.78, 5) is 52.2. The molecule has 0 spiro atoms. The van der Waals surface area contributed by atoms with Crippen molar-refractivity contribution in [2.24, 2.45) is 17.8 Å². The Hall–Kier alpha value is -3.14. The van der Waals surface area contributed by atoms with Gasteiger partial charge >= 0.3 is 0 Å². The molecule has 7 nitrogen and oxygen atoms in total. The number of hydrogen-bond acceptors (Lipinski definition) is 7. The lowest BCUT2D eigenvalue weighted by atomic mass is 9.84. The van der Waals surface area contributed by atoms with Crippen LogP contribution >= 0.6 is 11.8 Å². The molecule has 42 heavy (non-hydrogen) atoms. The highest BCUT2D eigenvalue weighted by Crippen LogP contribution is 2.27. The molecule has 1 aliphatic heterocycles. The van der Waals surface area contributed by atoms with Gasteiger partial charge in [-0.25, -0.2) is 4.39 Å². The Labute approximate surface area is 251 Å². The van der Waals surface area contributed by atoms with E-state index in [9.17, 15) is 23.6 Å². The molecule has 1 amide bonds. The molecule has 3 rings (SSSR count). The Kier molecular flexibility index (Phi) is 14.1. The van der Waals surface area contributed by atoms with Crippen LogP contribution in [0.1, 0.15) is 37.3 Å². The number of benzene rings is 2. The molecule has 3 atom stereocenters. The zero-order valence-corrected chi connectivity index (χ0v) is 25.0. The Morgan fingerprint density at radius 2 is 1.64 bits per heavy atom. The van der Waals surface area contributed by atoms with E-state index in [1.54, 1.807) is 12.1 Å². The Morgan fingerprint density at radius 1 is 0.929 bits per heavy atom. The first-order chi connectivity index (χ1) is 20.2.